The molecule has 4 nitrogen and oxygen atoms in total. The van der Waals surface area contributed by atoms with E-state index in [0.29, 0.717) is 6.07 Å². The van der Waals surface area contributed by atoms with Crippen molar-refractivity contribution in [2.45, 2.75) is 12.5 Å². The summed E-state index contributed by atoms with van der Waals surface area (Å²) in [5.41, 5.74) is -1.53. The molecule has 0 N–H and O–H groups in total. The van der Waals surface area contributed by atoms with Gasteiger partial charge in [0.15, 0.2) is 12.0 Å². The van der Waals surface area contributed by atoms with Crippen LogP contribution in [0.15, 0.2) is 34.7 Å². The van der Waals surface area contributed by atoms with Crippen LogP contribution in [0, 0.1) is 0 Å². The molecule has 0 atom stereocenters. The summed E-state index contributed by atoms with van der Waals surface area (Å²) < 4.78 is 83.0. The van der Waals surface area contributed by atoms with E-state index < -0.39 is 35.2 Å². The molecule has 0 saturated heterocycles. The molecule has 0 aliphatic carbocycles. The number of furan rings is 1. The molecule has 1 aromatic heterocycles. The molecule has 10 heteroatoms. The Hall–Kier alpha value is -2.78. The standard InChI is InChI=1S/C14H6F6O4/c15-13(16,17)12(22)10-5-7(24-14(18,19)20)1-3-9(10)11-4-2-8(6-21)23-11/h1-6H. The van der Waals surface area contributed by atoms with Gasteiger partial charge in [0.25, 0.3) is 5.78 Å². The highest BCUT2D eigenvalue weighted by molar-refractivity contribution is 6.05. The maximum atomic E-state index is 12.7. The predicted octanol–water partition coefficient (Wildman–Crippen LogP) is 4.40. The quantitative estimate of drug-likeness (QED) is 0.465. The van der Waals surface area contributed by atoms with Crippen LogP contribution in [0.5, 0.6) is 5.75 Å². The molecule has 1 heterocycles. The normalized spacial score (nSPS) is 12.1. The van der Waals surface area contributed by atoms with Crippen molar-refractivity contribution in [3.63, 3.8) is 0 Å². The van der Waals surface area contributed by atoms with E-state index in [9.17, 15) is 35.9 Å². The van der Waals surface area contributed by atoms with Gasteiger partial charge in [-0.25, -0.2) is 0 Å². The fourth-order valence-electron chi connectivity index (χ4n) is 1.84. The Morgan fingerprint density at radius 1 is 1.04 bits per heavy atom. The highest BCUT2D eigenvalue weighted by Gasteiger charge is 2.41. The van der Waals surface area contributed by atoms with Crippen LogP contribution >= 0.6 is 0 Å². The van der Waals surface area contributed by atoms with Gasteiger partial charge in [-0.1, -0.05) is 0 Å². The Morgan fingerprint density at radius 3 is 2.21 bits per heavy atom. The van der Waals surface area contributed by atoms with E-state index in [-0.39, 0.29) is 17.8 Å². The summed E-state index contributed by atoms with van der Waals surface area (Å²) in [7, 11) is 0. The molecule has 24 heavy (non-hydrogen) atoms. The van der Waals surface area contributed by atoms with Crippen molar-refractivity contribution in [2.24, 2.45) is 0 Å². The Bertz CT molecular complexity index is 772. The van der Waals surface area contributed by atoms with Crippen molar-refractivity contribution >= 4 is 12.1 Å². The fourth-order valence-corrected chi connectivity index (χ4v) is 1.84. The second kappa shape index (κ2) is 6.02. The van der Waals surface area contributed by atoms with Gasteiger partial charge in [0.2, 0.25) is 0 Å². The first-order valence-electron chi connectivity index (χ1n) is 6.08. The average molecular weight is 352 g/mol. The zero-order valence-electron chi connectivity index (χ0n) is 11.4. The number of benzene rings is 1. The Morgan fingerprint density at radius 2 is 1.71 bits per heavy atom. The first-order chi connectivity index (χ1) is 11.0. The molecule has 0 aliphatic heterocycles. The zero-order valence-corrected chi connectivity index (χ0v) is 11.4. The van der Waals surface area contributed by atoms with E-state index >= 15 is 0 Å². The molecular formula is C14H6F6O4. The second-order valence-corrected chi connectivity index (χ2v) is 4.40. The highest BCUT2D eigenvalue weighted by Crippen LogP contribution is 2.34. The summed E-state index contributed by atoms with van der Waals surface area (Å²) in [6, 6.07) is 4.06. The molecule has 0 unspecified atom stereocenters. The molecule has 128 valence electrons. The lowest BCUT2D eigenvalue weighted by atomic mass is 10.0. The number of Topliss-reactive ketones (excluding diaryl/α,β-unsaturated/α-hetero) is 1. The van der Waals surface area contributed by atoms with Crippen molar-refractivity contribution in [3.05, 3.63) is 41.7 Å². The monoisotopic (exact) mass is 352 g/mol. The highest BCUT2D eigenvalue weighted by atomic mass is 19.4. The number of alkyl halides is 6. The van der Waals surface area contributed by atoms with Gasteiger partial charge in [-0.3, -0.25) is 9.59 Å². The van der Waals surface area contributed by atoms with E-state index in [4.69, 9.17) is 4.42 Å². The van der Waals surface area contributed by atoms with Gasteiger partial charge in [-0.05, 0) is 30.3 Å². The third-order valence-electron chi connectivity index (χ3n) is 2.74. The van der Waals surface area contributed by atoms with Crippen LogP contribution in [0.4, 0.5) is 26.3 Å². The van der Waals surface area contributed by atoms with Crippen LogP contribution in [0.25, 0.3) is 11.3 Å². The van der Waals surface area contributed by atoms with Crippen LogP contribution in [-0.2, 0) is 0 Å². The van der Waals surface area contributed by atoms with Gasteiger partial charge in [0, 0.05) is 11.1 Å². The lowest BCUT2D eigenvalue weighted by Gasteiger charge is -2.13. The van der Waals surface area contributed by atoms with E-state index in [1.165, 1.54) is 0 Å². The van der Waals surface area contributed by atoms with Crippen LogP contribution < -0.4 is 4.74 Å². The molecule has 0 bridgehead atoms. The van der Waals surface area contributed by atoms with Crippen molar-refractivity contribution < 1.29 is 45.1 Å². The largest absolute Gasteiger partial charge is 0.573 e. The van der Waals surface area contributed by atoms with Gasteiger partial charge in [0.05, 0.1) is 0 Å². The number of carbonyl (C=O) groups is 2. The Kier molecular flexibility index (Phi) is 4.41. The van der Waals surface area contributed by atoms with E-state index in [1.807, 2.05) is 0 Å². The molecule has 0 saturated carbocycles. The fraction of sp³-hybridized carbons (Fsp3) is 0.143. The molecule has 0 aliphatic rings. The van der Waals surface area contributed by atoms with E-state index in [1.54, 1.807) is 0 Å². The number of rotatable bonds is 4. The Balaban J connectivity index is 2.57. The minimum absolute atomic E-state index is 0.231. The summed E-state index contributed by atoms with van der Waals surface area (Å²) in [6.07, 6.45) is -10.2. The van der Waals surface area contributed by atoms with E-state index in [2.05, 4.69) is 4.74 Å². The SMILES string of the molecule is O=Cc1ccc(-c2ccc(OC(F)(F)F)cc2C(=O)C(F)(F)F)o1. The number of ether oxygens (including phenoxy) is 1. The summed E-state index contributed by atoms with van der Waals surface area (Å²) in [4.78, 5) is 22.0. The topological polar surface area (TPSA) is 56.5 Å². The molecule has 2 rings (SSSR count). The van der Waals surface area contributed by atoms with Crippen molar-refractivity contribution in [1.29, 1.82) is 0 Å². The van der Waals surface area contributed by atoms with Gasteiger partial charge in [0.1, 0.15) is 11.5 Å². The number of halogens is 6. The van der Waals surface area contributed by atoms with Gasteiger partial charge < -0.3 is 9.15 Å². The van der Waals surface area contributed by atoms with E-state index in [0.717, 1.165) is 24.3 Å². The van der Waals surface area contributed by atoms with Crippen molar-refractivity contribution in [2.75, 3.05) is 0 Å². The molecular weight excluding hydrogens is 346 g/mol. The van der Waals surface area contributed by atoms with Crippen LogP contribution in [0.2, 0.25) is 0 Å². The third kappa shape index (κ3) is 3.94. The minimum atomic E-state index is -5.33. The molecule has 2 aromatic rings. The van der Waals surface area contributed by atoms with Crippen LogP contribution in [0.1, 0.15) is 20.9 Å². The minimum Gasteiger partial charge on any atom is -0.453 e. The van der Waals surface area contributed by atoms with Gasteiger partial charge in [-0.2, -0.15) is 13.2 Å². The van der Waals surface area contributed by atoms with Crippen molar-refractivity contribution in [1.82, 2.24) is 0 Å². The number of hydrogen-bond acceptors (Lipinski definition) is 4. The van der Waals surface area contributed by atoms with Crippen molar-refractivity contribution in [3.8, 4) is 17.1 Å². The lowest BCUT2D eigenvalue weighted by molar-refractivity contribution is -0.274. The average Bonchev–Trinajstić information content (AvgIpc) is 2.92. The number of hydrogen-bond donors (Lipinski definition) is 0. The molecule has 0 spiro atoms. The first kappa shape index (κ1) is 17.6. The summed E-state index contributed by atoms with van der Waals surface area (Å²) in [6.45, 7) is 0. The molecule has 0 radical (unpaired) electrons. The van der Waals surface area contributed by atoms with Gasteiger partial charge >= 0.3 is 12.5 Å². The third-order valence-corrected chi connectivity index (χ3v) is 2.74. The molecule has 0 amide bonds. The number of aldehydes is 1. The summed E-state index contributed by atoms with van der Waals surface area (Å²) in [5.74, 6) is -3.90. The first-order valence-corrected chi connectivity index (χ1v) is 6.08. The molecule has 1 aromatic carbocycles. The summed E-state index contributed by atoms with van der Waals surface area (Å²) in [5, 5.41) is 0. The number of carbonyl (C=O) groups excluding carboxylic acids is 2. The second-order valence-electron chi connectivity index (χ2n) is 4.40. The predicted molar refractivity (Wildman–Crippen MR) is 66.6 cm³/mol. The number of ketones is 1. The molecule has 0 fully saturated rings. The zero-order chi connectivity index (χ0) is 18.1. The maximum Gasteiger partial charge on any atom is 0.573 e. The van der Waals surface area contributed by atoms with Crippen LogP contribution in [0.3, 0.4) is 0 Å². The van der Waals surface area contributed by atoms with Gasteiger partial charge in [-0.15, -0.1) is 13.2 Å². The smallest absolute Gasteiger partial charge is 0.453 e. The summed E-state index contributed by atoms with van der Waals surface area (Å²) >= 11 is 0. The maximum absolute atomic E-state index is 12.7. The Labute approximate surface area is 129 Å². The van der Waals surface area contributed by atoms with Crippen LogP contribution in [-0.4, -0.2) is 24.6 Å². The lowest BCUT2D eigenvalue weighted by Crippen LogP contribution is -2.24.